The van der Waals surface area contributed by atoms with Crippen LogP contribution >= 0.6 is 0 Å². The molecule has 2 bridgehead atoms. The summed E-state index contributed by atoms with van der Waals surface area (Å²) in [5.41, 5.74) is 5.08. The Labute approximate surface area is 138 Å². The molecule has 1 saturated heterocycles. The van der Waals surface area contributed by atoms with Gasteiger partial charge in [-0.15, -0.1) is 0 Å². The van der Waals surface area contributed by atoms with Gasteiger partial charge in [-0.2, -0.15) is 0 Å². The second-order valence-electron chi connectivity index (χ2n) is 5.82. The minimum Gasteiger partial charge on any atom is -0.478 e. The number of aliphatic carboxylic acids is 2. The largest absolute Gasteiger partial charge is 0.478 e. The Morgan fingerprint density at radius 2 is 1.42 bits per heavy atom. The minimum atomic E-state index is -1.26. The number of aromatic nitrogens is 2. The third-order valence-electron chi connectivity index (χ3n) is 4.27. The predicted octanol–water partition coefficient (Wildman–Crippen LogP) is 1.52. The summed E-state index contributed by atoms with van der Waals surface area (Å²) < 4.78 is 0. The molecule has 0 unspecified atom stereocenters. The number of fused-ring (bicyclic) bond motifs is 6. The summed E-state index contributed by atoms with van der Waals surface area (Å²) in [6.07, 6.45) is 5.96. The van der Waals surface area contributed by atoms with Gasteiger partial charge in [0.1, 0.15) is 0 Å². The normalized spacial score (nSPS) is 21.2. The highest BCUT2D eigenvalue weighted by Gasteiger charge is 2.34. The van der Waals surface area contributed by atoms with Gasteiger partial charge in [0.25, 0.3) is 0 Å². The van der Waals surface area contributed by atoms with Crippen LogP contribution in [0, 0.1) is 0 Å². The number of hydrogen-bond donors (Lipinski definition) is 3. The van der Waals surface area contributed by atoms with Crippen LogP contribution in [0.2, 0.25) is 0 Å². The summed E-state index contributed by atoms with van der Waals surface area (Å²) in [6, 6.07) is 4.49. The average molecular weight is 327 g/mol. The van der Waals surface area contributed by atoms with Crippen LogP contribution < -0.4 is 5.32 Å². The van der Waals surface area contributed by atoms with Crippen LogP contribution in [0.4, 0.5) is 0 Å². The van der Waals surface area contributed by atoms with Crippen molar-refractivity contribution in [2.45, 2.75) is 18.3 Å². The van der Waals surface area contributed by atoms with Crippen molar-refractivity contribution >= 4 is 23.0 Å². The topological polar surface area (TPSA) is 112 Å². The lowest BCUT2D eigenvalue weighted by atomic mass is 9.98. The van der Waals surface area contributed by atoms with Gasteiger partial charge < -0.3 is 15.5 Å². The molecule has 24 heavy (non-hydrogen) atoms. The fourth-order valence-corrected chi connectivity index (χ4v) is 3.31. The first-order valence-electron chi connectivity index (χ1n) is 7.64. The summed E-state index contributed by atoms with van der Waals surface area (Å²) >= 11 is 0. The van der Waals surface area contributed by atoms with Gasteiger partial charge in [-0.1, -0.05) is 0 Å². The maximum absolute atomic E-state index is 9.55. The monoisotopic (exact) mass is 327 g/mol. The van der Waals surface area contributed by atoms with Crippen molar-refractivity contribution in [3.8, 4) is 0 Å². The van der Waals surface area contributed by atoms with Crippen molar-refractivity contribution in [1.29, 1.82) is 0 Å². The standard InChI is InChI=1S/C13H13N3.C4H4O4/c1-2-16-13-5-11-9-3-8(6-14-7-9)10(11)4-12(13)15-1;5-3(6)1-2-4(7)8/h1-2,4-5,8-9,14H,3,6-7H2;1-2H,(H,5,6)(H,7,8)/b;2-1-/t8-,9-;/m1./s1. The minimum absolute atomic E-state index is 0.558. The Hall–Kier alpha value is -2.80. The van der Waals surface area contributed by atoms with Gasteiger partial charge in [-0.05, 0) is 41.5 Å². The Morgan fingerprint density at radius 1 is 0.958 bits per heavy atom. The van der Waals surface area contributed by atoms with Gasteiger partial charge in [0.2, 0.25) is 0 Å². The lowest BCUT2D eigenvalue weighted by Crippen LogP contribution is -2.28. The van der Waals surface area contributed by atoms with Crippen molar-refractivity contribution in [3.63, 3.8) is 0 Å². The quantitative estimate of drug-likeness (QED) is 0.717. The molecule has 7 nitrogen and oxygen atoms in total. The number of carboxylic acid groups (broad SMARTS) is 2. The molecular formula is C17H17N3O4. The van der Waals surface area contributed by atoms with Crippen molar-refractivity contribution in [2.24, 2.45) is 0 Å². The molecule has 124 valence electrons. The summed E-state index contributed by atoms with van der Waals surface area (Å²) in [7, 11) is 0. The van der Waals surface area contributed by atoms with E-state index in [9.17, 15) is 9.59 Å². The number of carboxylic acids is 2. The van der Waals surface area contributed by atoms with E-state index in [0.29, 0.717) is 24.0 Å². The van der Waals surface area contributed by atoms with Gasteiger partial charge in [-0.3, -0.25) is 9.97 Å². The molecule has 0 saturated carbocycles. The van der Waals surface area contributed by atoms with Gasteiger partial charge in [0.15, 0.2) is 0 Å². The molecule has 1 aliphatic heterocycles. The predicted molar refractivity (Wildman–Crippen MR) is 86.9 cm³/mol. The number of nitrogens with one attached hydrogen (secondary N) is 1. The molecule has 1 aliphatic carbocycles. The van der Waals surface area contributed by atoms with Crippen LogP contribution in [0.15, 0.2) is 36.7 Å². The van der Waals surface area contributed by atoms with E-state index in [0.717, 1.165) is 24.1 Å². The van der Waals surface area contributed by atoms with Crippen LogP contribution in [0.25, 0.3) is 11.0 Å². The zero-order valence-corrected chi connectivity index (χ0v) is 12.8. The molecule has 2 atom stereocenters. The molecule has 2 aromatic rings. The van der Waals surface area contributed by atoms with Crippen molar-refractivity contribution in [1.82, 2.24) is 15.3 Å². The van der Waals surface area contributed by atoms with E-state index < -0.39 is 11.9 Å². The molecule has 0 amide bonds. The van der Waals surface area contributed by atoms with Gasteiger partial charge >= 0.3 is 11.9 Å². The van der Waals surface area contributed by atoms with Crippen LogP contribution in [0.3, 0.4) is 0 Å². The third-order valence-corrected chi connectivity index (χ3v) is 4.27. The van der Waals surface area contributed by atoms with Crippen molar-refractivity contribution in [2.75, 3.05) is 13.1 Å². The molecule has 2 heterocycles. The number of rotatable bonds is 2. The summed E-state index contributed by atoms with van der Waals surface area (Å²) in [6.45, 7) is 2.24. The molecule has 1 aromatic carbocycles. The molecule has 1 aromatic heterocycles. The highest BCUT2D eigenvalue weighted by atomic mass is 16.4. The smallest absolute Gasteiger partial charge is 0.328 e. The fraction of sp³-hybridized carbons (Fsp3) is 0.294. The van der Waals surface area contributed by atoms with Gasteiger partial charge in [0, 0.05) is 37.6 Å². The number of piperidine rings is 1. The number of benzene rings is 1. The lowest BCUT2D eigenvalue weighted by molar-refractivity contribution is -0.134. The second-order valence-corrected chi connectivity index (χ2v) is 5.82. The average Bonchev–Trinajstić information content (AvgIpc) is 2.82. The Bertz CT molecular complexity index is 754. The molecule has 2 aliphatic rings. The molecular weight excluding hydrogens is 310 g/mol. The number of carbonyl (C=O) groups is 2. The number of hydrogen-bond acceptors (Lipinski definition) is 5. The first-order valence-corrected chi connectivity index (χ1v) is 7.64. The summed E-state index contributed by atoms with van der Waals surface area (Å²) in [5.74, 6) is -1.12. The lowest BCUT2D eigenvalue weighted by Gasteiger charge is -2.19. The number of nitrogens with zero attached hydrogens (tertiary/aromatic N) is 2. The Morgan fingerprint density at radius 3 is 1.83 bits per heavy atom. The van der Waals surface area contributed by atoms with Gasteiger partial charge in [0.05, 0.1) is 11.0 Å². The maximum atomic E-state index is 9.55. The molecule has 0 radical (unpaired) electrons. The Balaban J connectivity index is 0.000000183. The fourth-order valence-electron chi connectivity index (χ4n) is 3.31. The summed E-state index contributed by atoms with van der Waals surface area (Å²) in [5, 5.41) is 19.1. The van der Waals surface area contributed by atoms with Crippen molar-refractivity contribution < 1.29 is 19.8 Å². The van der Waals surface area contributed by atoms with E-state index in [1.54, 1.807) is 12.4 Å². The molecule has 7 heteroatoms. The van der Waals surface area contributed by atoms with Crippen LogP contribution in [-0.4, -0.2) is 45.2 Å². The maximum Gasteiger partial charge on any atom is 0.328 e. The van der Waals surface area contributed by atoms with Crippen LogP contribution in [-0.2, 0) is 9.59 Å². The SMILES string of the molecule is O=C(O)/C=C\C(=O)O.c1cnc2cc3c(cc2n1)[C@H]1CNC[C@H]3C1. The first-order chi connectivity index (χ1) is 11.5. The zero-order chi connectivity index (χ0) is 17.1. The first kappa shape index (κ1) is 16.1. The second kappa shape index (κ2) is 6.76. The van der Waals surface area contributed by atoms with Gasteiger partial charge in [-0.25, -0.2) is 9.59 Å². The Kier molecular flexibility index (Phi) is 4.52. The van der Waals surface area contributed by atoms with E-state index in [4.69, 9.17) is 10.2 Å². The van der Waals surface area contributed by atoms with E-state index >= 15 is 0 Å². The molecule has 4 rings (SSSR count). The van der Waals surface area contributed by atoms with Crippen molar-refractivity contribution in [3.05, 3.63) is 47.8 Å². The van der Waals surface area contributed by atoms with Crippen LogP contribution in [0.1, 0.15) is 29.4 Å². The van der Waals surface area contributed by atoms with E-state index in [2.05, 4.69) is 27.4 Å². The molecule has 0 spiro atoms. The zero-order valence-electron chi connectivity index (χ0n) is 12.8. The molecule has 3 N–H and O–H groups in total. The third kappa shape index (κ3) is 3.41. The van der Waals surface area contributed by atoms with E-state index in [1.807, 2.05) is 0 Å². The summed E-state index contributed by atoms with van der Waals surface area (Å²) in [4.78, 5) is 27.9. The van der Waals surface area contributed by atoms with E-state index in [-0.39, 0.29) is 0 Å². The molecule has 1 fully saturated rings. The van der Waals surface area contributed by atoms with E-state index in [1.165, 1.54) is 17.5 Å². The highest BCUT2D eigenvalue weighted by Crippen LogP contribution is 2.44. The van der Waals surface area contributed by atoms with Crippen LogP contribution in [0.5, 0.6) is 0 Å². The highest BCUT2D eigenvalue weighted by molar-refractivity contribution is 5.89.